The molecule has 5 heterocycles. The van der Waals surface area contributed by atoms with Crippen LogP contribution in [0.2, 0.25) is 0 Å². The molecule has 0 amide bonds. The number of ether oxygens (including phenoxy) is 2. The molecule has 0 bridgehead atoms. The van der Waals surface area contributed by atoms with Gasteiger partial charge in [-0.25, -0.2) is 19.3 Å². The summed E-state index contributed by atoms with van der Waals surface area (Å²) < 4.78 is 36.6. The third-order valence-corrected chi connectivity index (χ3v) is 7.06. The number of phosphoric acid groups is 1. The first kappa shape index (κ1) is 26.3. The molecule has 20 heteroatoms. The maximum absolute atomic E-state index is 12.7. The summed E-state index contributed by atoms with van der Waals surface area (Å²) in [5.41, 5.74) is 9.82. The SMILES string of the molecule is Nc1ncn([C@@H]2C[C@H](OP(=O)(O)OC[C@@H]3O[C@@H](n4cnc5c(=O)[nH]c(N)nc54)C[C@H]3O)[C@H](CO)O2)c(=O)n1. The van der Waals surface area contributed by atoms with Crippen molar-refractivity contribution < 1.29 is 38.2 Å². The van der Waals surface area contributed by atoms with Gasteiger partial charge in [-0.3, -0.25) is 28.0 Å². The fourth-order valence-corrected chi connectivity index (χ4v) is 5.22. The number of hydrogen-bond acceptors (Lipinski definition) is 15. The van der Waals surface area contributed by atoms with Crippen molar-refractivity contribution in [3.8, 4) is 0 Å². The lowest BCUT2D eigenvalue weighted by molar-refractivity contribution is -0.0565. The van der Waals surface area contributed by atoms with Crippen LogP contribution in [0.4, 0.5) is 11.9 Å². The lowest BCUT2D eigenvalue weighted by Crippen LogP contribution is -2.29. The first-order valence-corrected chi connectivity index (χ1v) is 12.7. The third kappa shape index (κ3) is 5.18. The van der Waals surface area contributed by atoms with E-state index in [0.29, 0.717) is 0 Å². The maximum Gasteiger partial charge on any atom is 0.472 e. The first-order chi connectivity index (χ1) is 18.0. The summed E-state index contributed by atoms with van der Waals surface area (Å²) in [7, 11) is -4.76. The van der Waals surface area contributed by atoms with Crippen LogP contribution in [0, 0.1) is 0 Å². The highest BCUT2D eigenvalue weighted by atomic mass is 31.2. The van der Waals surface area contributed by atoms with E-state index in [9.17, 15) is 29.3 Å². The van der Waals surface area contributed by atoms with Crippen LogP contribution in [0.15, 0.2) is 22.2 Å². The fourth-order valence-electron chi connectivity index (χ4n) is 4.26. The number of aromatic amines is 1. The van der Waals surface area contributed by atoms with E-state index in [1.165, 1.54) is 10.9 Å². The predicted molar refractivity (Wildman–Crippen MR) is 124 cm³/mol. The van der Waals surface area contributed by atoms with E-state index < -0.39 is 69.2 Å². The van der Waals surface area contributed by atoms with Crippen molar-refractivity contribution in [1.82, 2.24) is 34.1 Å². The quantitative estimate of drug-likeness (QED) is 0.154. The molecule has 2 aliphatic heterocycles. The monoisotopic (exact) mass is 557 g/mol. The van der Waals surface area contributed by atoms with Gasteiger partial charge in [-0.05, 0) is 0 Å². The molecule has 2 aliphatic rings. The van der Waals surface area contributed by atoms with Crippen LogP contribution >= 0.6 is 7.82 Å². The number of phosphoric ester groups is 1. The van der Waals surface area contributed by atoms with Gasteiger partial charge in [0, 0.05) is 12.8 Å². The van der Waals surface area contributed by atoms with Gasteiger partial charge in [0.25, 0.3) is 5.56 Å². The van der Waals surface area contributed by atoms with Gasteiger partial charge < -0.3 is 36.0 Å². The number of hydrogen-bond donors (Lipinski definition) is 6. The van der Waals surface area contributed by atoms with E-state index in [1.807, 2.05) is 0 Å². The average molecular weight is 557 g/mol. The van der Waals surface area contributed by atoms with Crippen molar-refractivity contribution in [3.05, 3.63) is 33.5 Å². The van der Waals surface area contributed by atoms with E-state index in [2.05, 4.69) is 24.9 Å². The number of aromatic nitrogens is 7. The van der Waals surface area contributed by atoms with Gasteiger partial charge in [0.15, 0.2) is 11.2 Å². The number of aliphatic hydroxyl groups is 2. The molecule has 3 aromatic rings. The molecule has 5 rings (SSSR count). The van der Waals surface area contributed by atoms with Crippen LogP contribution in [0.3, 0.4) is 0 Å². The molecule has 0 aromatic carbocycles. The highest BCUT2D eigenvalue weighted by Crippen LogP contribution is 2.49. The smallest absolute Gasteiger partial charge is 0.394 e. The molecule has 206 valence electrons. The number of aliphatic hydroxyl groups excluding tert-OH is 2. The highest BCUT2D eigenvalue weighted by molar-refractivity contribution is 7.47. The zero-order valence-electron chi connectivity index (χ0n) is 19.4. The zero-order chi connectivity index (χ0) is 27.2. The highest BCUT2D eigenvalue weighted by Gasteiger charge is 2.43. The van der Waals surface area contributed by atoms with Gasteiger partial charge >= 0.3 is 13.5 Å². The van der Waals surface area contributed by atoms with Gasteiger partial charge in [0.2, 0.25) is 11.9 Å². The maximum atomic E-state index is 12.7. The van der Waals surface area contributed by atoms with Gasteiger partial charge in [0.05, 0.1) is 25.6 Å². The number of rotatable bonds is 8. The molecule has 3 aromatic heterocycles. The summed E-state index contributed by atoms with van der Waals surface area (Å²) in [4.78, 5) is 51.9. The standard InChI is InChI=1S/C18H24N9O10P/c19-16-22-6-27(18(31)25-16)12-2-8(9(3-28)35-12)37-38(32,33)34-4-10-7(29)1-11(36-10)26-5-21-13-14(26)23-17(20)24-15(13)30/h5-12,28-29H,1-4H2,(H,32,33)(H2,19,25,31)(H3,20,23,24,30)/t7-,8+,9+,10+,11-,12+/m1/s1. The minimum atomic E-state index is -4.76. The molecule has 0 spiro atoms. The minimum Gasteiger partial charge on any atom is -0.394 e. The van der Waals surface area contributed by atoms with Crippen LogP contribution in [0.25, 0.3) is 11.2 Å². The lowest BCUT2D eigenvalue weighted by atomic mass is 10.2. The number of nitrogens with zero attached hydrogens (tertiary/aromatic N) is 6. The predicted octanol–water partition coefficient (Wildman–Crippen LogP) is -2.63. The number of nitrogens with one attached hydrogen (secondary N) is 1. The van der Waals surface area contributed by atoms with Crippen molar-refractivity contribution in [3.63, 3.8) is 0 Å². The summed E-state index contributed by atoms with van der Waals surface area (Å²) >= 11 is 0. The summed E-state index contributed by atoms with van der Waals surface area (Å²) in [5.74, 6) is -0.369. The lowest BCUT2D eigenvalue weighted by Gasteiger charge is -2.21. The molecular formula is C18H24N9O10P. The summed E-state index contributed by atoms with van der Waals surface area (Å²) in [6.45, 7) is -1.13. The van der Waals surface area contributed by atoms with E-state index in [-0.39, 0.29) is 35.9 Å². The first-order valence-electron chi connectivity index (χ1n) is 11.2. The van der Waals surface area contributed by atoms with Crippen molar-refractivity contribution in [2.75, 3.05) is 24.7 Å². The number of fused-ring (bicyclic) bond motifs is 1. The Morgan fingerprint density at radius 1 is 1.11 bits per heavy atom. The van der Waals surface area contributed by atoms with Crippen molar-refractivity contribution in [2.24, 2.45) is 0 Å². The molecule has 2 saturated heterocycles. The largest absolute Gasteiger partial charge is 0.472 e. The Balaban J connectivity index is 1.22. The molecule has 38 heavy (non-hydrogen) atoms. The van der Waals surface area contributed by atoms with E-state index >= 15 is 0 Å². The molecule has 0 radical (unpaired) electrons. The fraction of sp³-hybridized carbons (Fsp3) is 0.556. The second-order valence-corrected chi connectivity index (χ2v) is 9.97. The van der Waals surface area contributed by atoms with Crippen LogP contribution in [0.5, 0.6) is 0 Å². The summed E-state index contributed by atoms with van der Waals surface area (Å²) in [6.07, 6.45) is -3.86. The molecule has 8 N–H and O–H groups in total. The number of H-pyrrole nitrogens is 1. The molecule has 1 unspecified atom stereocenters. The number of nitrogen functional groups attached to an aromatic ring is 2. The van der Waals surface area contributed by atoms with Crippen molar-refractivity contribution in [1.29, 1.82) is 0 Å². The number of anilines is 2. The van der Waals surface area contributed by atoms with E-state index in [0.717, 1.165) is 10.9 Å². The molecule has 2 fully saturated rings. The van der Waals surface area contributed by atoms with E-state index in [1.54, 1.807) is 0 Å². The Hall–Kier alpha value is -3.29. The Morgan fingerprint density at radius 3 is 2.55 bits per heavy atom. The Bertz CT molecular complexity index is 1490. The normalized spacial score (nSPS) is 29.1. The zero-order valence-corrected chi connectivity index (χ0v) is 20.3. The molecule has 0 aliphatic carbocycles. The molecular weight excluding hydrogens is 533 g/mol. The Kier molecular flexibility index (Phi) is 7.01. The van der Waals surface area contributed by atoms with Crippen molar-refractivity contribution >= 4 is 30.9 Å². The van der Waals surface area contributed by atoms with Gasteiger partial charge in [-0.2, -0.15) is 9.97 Å². The summed E-state index contributed by atoms with van der Waals surface area (Å²) in [5, 5.41) is 20.1. The number of nitrogens with two attached hydrogens (primary N) is 2. The average Bonchev–Trinajstić information content (AvgIpc) is 3.54. The van der Waals surface area contributed by atoms with Crippen LogP contribution < -0.4 is 22.7 Å². The molecule has 0 saturated carbocycles. The topological polar surface area (TPSA) is 278 Å². The number of imidazole rings is 1. The molecule has 19 nitrogen and oxygen atoms in total. The van der Waals surface area contributed by atoms with Crippen molar-refractivity contribution in [2.45, 2.75) is 49.7 Å². The molecule has 7 atom stereocenters. The minimum absolute atomic E-state index is 0.0218. The second-order valence-electron chi connectivity index (χ2n) is 8.57. The van der Waals surface area contributed by atoms with Crippen LogP contribution in [-0.4, -0.2) is 86.8 Å². The Morgan fingerprint density at radius 2 is 1.82 bits per heavy atom. The third-order valence-electron chi connectivity index (χ3n) is 6.05. The van der Waals surface area contributed by atoms with E-state index in [4.69, 9.17) is 30.0 Å². The van der Waals surface area contributed by atoms with Gasteiger partial charge in [-0.15, -0.1) is 0 Å². The van der Waals surface area contributed by atoms with Crippen LogP contribution in [-0.2, 0) is 23.1 Å². The van der Waals surface area contributed by atoms with Crippen LogP contribution in [0.1, 0.15) is 25.3 Å². The Labute approximate surface area is 211 Å². The second kappa shape index (κ2) is 10.1. The van der Waals surface area contributed by atoms with Gasteiger partial charge in [-0.1, -0.05) is 0 Å². The van der Waals surface area contributed by atoms with Gasteiger partial charge in [0.1, 0.15) is 37.1 Å². The summed E-state index contributed by atoms with van der Waals surface area (Å²) in [6, 6.07) is 0.